The third-order valence-electron chi connectivity index (χ3n) is 7.15. The van der Waals surface area contributed by atoms with Crippen LogP contribution in [0.3, 0.4) is 0 Å². The summed E-state index contributed by atoms with van der Waals surface area (Å²) in [5.74, 6) is 0.241. The fourth-order valence-electron chi connectivity index (χ4n) is 4.88. The number of rotatable bonds is 13. The number of ketones is 1. The van der Waals surface area contributed by atoms with Crippen molar-refractivity contribution in [2.75, 3.05) is 32.8 Å². The second-order valence-electron chi connectivity index (χ2n) is 9.98. The first-order valence-corrected chi connectivity index (χ1v) is 16.0. The number of aliphatic hydroxyl groups excluding tert-OH is 1. The first-order chi connectivity index (χ1) is 21.9. The Hall–Kier alpha value is -4.55. The number of aromatic nitrogens is 2. The van der Waals surface area contributed by atoms with Crippen molar-refractivity contribution in [1.82, 2.24) is 10.2 Å². The van der Waals surface area contributed by atoms with Crippen LogP contribution < -0.4 is 23.8 Å². The van der Waals surface area contributed by atoms with Crippen LogP contribution in [0.4, 0.5) is 5.13 Å². The number of amides is 1. The molecule has 234 valence electrons. The topological polar surface area (TPSA) is 120 Å². The van der Waals surface area contributed by atoms with Gasteiger partial charge in [0.25, 0.3) is 5.78 Å². The predicted molar refractivity (Wildman–Crippen MR) is 174 cm³/mol. The highest BCUT2D eigenvalue weighted by atomic mass is 32.2. The van der Waals surface area contributed by atoms with Crippen molar-refractivity contribution in [1.29, 1.82) is 0 Å². The maximum Gasteiger partial charge on any atom is 0.301 e. The molecule has 1 aromatic heterocycles. The molecule has 1 fully saturated rings. The van der Waals surface area contributed by atoms with Gasteiger partial charge < -0.3 is 24.1 Å². The Labute approximate surface area is 269 Å². The zero-order valence-corrected chi connectivity index (χ0v) is 26.9. The van der Waals surface area contributed by atoms with E-state index in [0.29, 0.717) is 50.8 Å². The Morgan fingerprint density at radius 3 is 2.27 bits per heavy atom. The van der Waals surface area contributed by atoms with E-state index in [0.717, 1.165) is 18.4 Å². The molecule has 0 aliphatic carbocycles. The van der Waals surface area contributed by atoms with Crippen LogP contribution in [0.5, 0.6) is 23.0 Å². The van der Waals surface area contributed by atoms with Crippen LogP contribution in [0, 0.1) is 0 Å². The lowest BCUT2D eigenvalue weighted by Gasteiger charge is -2.24. The second kappa shape index (κ2) is 14.5. The number of anilines is 1. The van der Waals surface area contributed by atoms with Gasteiger partial charge in [0.2, 0.25) is 10.9 Å². The number of Topliss-reactive ketones (excluding diaryl/α,β-unsaturated/α-hetero) is 1. The van der Waals surface area contributed by atoms with Gasteiger partial charge in [-0.25, -0.2) is 0 Å². The summed E-state index contributed by atoms with van der Waals surface area (Å²) < 4.78 is 23.0. The fourth-order valence-corrected chi connectivity index (χ4v) is 6.70. The first-order valence-electron chi connectivity index (χ1n) is 14.2. The van der Waals surface area contributed by atoms with E-state index in [4.69, 9.17) is 18.9 Å². The summed E-state index contributed by atoms with van der Waals surface area (Å²) in [6.07, 6.45) is 1.92. The van der Waals surface area contributed by atoms with E-state index in [-0.39, 0.29) is 16.5 Å². The number of hydrogen-bond acceptors (Lipinski definition) is 11. The third kappa shape index (κ3) is 6.76. The molecule has 0 radical (unpaired) electrons. The van der Waals surface area contributed by atoms with Gasteiger partial charge in [0.15, 0.2) is 15.8 Å². The highest BCUT2D eigenvalue weighted by Crippen LogP contribution is 2.48. The molecule has 5 rings (SSSR count). The molecule has 0 saturated carbocycles. The molecule has 3 aromatic carbocycles. The summed E-state index contributed by atoms with van der Waals surface area (Å²) in [6.45, 7) is 2.65. The van der Waals surface area contributed by atoms with Crippen molar-refractivity contribution in [2.24, 2.45) is 0 Å². The Morgan fingerprint density at radius 1 is 0.956 bits per heavy atom. The molecule has 1 unspecified atom stereocenters. The molecule has 0 spiro atoms. The van der Waals surface area contributed by atoms with Crippen molar-refractivity contribution in [3.05, 3.63) is 89.0 Å². The van der Waals surface area contributed by atoms with Gasteiger partial charge >= 0.3 is 5.91 Å². The minimum atomic E-state index is -1.07. The minimum absolute atomic E-state index is 0.109. The van der Waals surface area contributed by atoms with E-state index in [1.165, 1.54) is 49.3 Å². The molecule has 1 N–H and O–H groups in total. The van der Waals surface area contributed by atoms with E-state index in [9.17, 15) is 14.7 Å². The van der Waals surface area contributed by atoms with E-state index in [2.05, 4.69) is 17.1 Å². The Bertz CT molecular complexity index is 1670. The zero-order chi connectivity index (χ0) is 31.9. The number of unbranched alkanes of at least 4 members (excludes halogenated alkanes) is 1. The molecule has 4 aromatic rings. The predicted octanol–water partition coefficient (Wildman–Crippen LogP) is 6.66. The summed E-state index contributed by atoms with van der Waals surface area (Å²) in [4.78, 5) is 28.7. The fraction of sp³-hybridized carbons (Fsp3) is 0.273. The summed E-state index contributed by atoms with van der Waals surface area (Å²) in [7, 11) is 4.43. The first kappa shape index (κ1) is 31.9. The van der Waals surface area contributed by atoms with Gasteiger partial charge in [-0.15, -0.1) is 10.2 Å². The molecule has 10 nitrogen and oxygen atoms in total. The standard InChI is InChI=1S/C33H33N3O7S2/c1-5-6-16-43-23-14-12-21(13-15-23)28(37)26-27(22-17-24(40-2)30(42-4)25(18-22)41-3)36(31(39)29(26)38)32-34-35-33(45-32)44-19-20-10-8-7-9-11-20/h7-15,17-18,27,37H,5-6,16,19H2,1-4H3. The molecule has 1 aliphatic rings. The monoisotopic (exact) mass is 647 g/mol. The third-order valence-corrected chi connectivity index (χ3v) is 9.28. The quantitative estimate of drug-likeness (QED) is 0.0421. The number of nitrogens with zero attached hydrogens (tertiary/aromatic N) is 3. The largest absolute Gasteiger partial charge is 0.507 e. The smallest absolute Gasteiger partial charge is 0.301 e. The van der Waals surface area contributed by atoms with Gasteiger partial charge in [-0.1, -0.05) is 66.8 Å². The maximum atomic E-state index is 13.7. The van der Waals surface area contributed by atoms with Gasteiger partial charge in [0.05, 0.1) is 39.6 Å². The van der Waals surface area contributed by atoms with E-state index in [1.807, 2.05) is 30.3 Å². The molecule has 1 saturated heterocycles. The number of methoxy groups -OCH3 is 3. The normalized spacial score (nSPS) is 15.7. The molecular weight excluding hydrogens is 615 g/mol. The molecule has 1 amide bonds. The molecular formula is C33H33N3O7S2. The van der Waals surface area contributed by atoms with Crippen LogP contribution >= 0.6 is 23.1 Å². The van der Waals surface area contributed by atoms with Crippen LogP contribution in [0.1, 0.15) is 42.5 Å². The van der Waals surface area contributed by atoms with E-state index >= 15 is 0 Å². The summed E-state index contributed by atoms with van der Waals surface area (Å²) in [6, 6.07) is 18.9. The van der Waals surface area contributed by atoms with Crippen LogP contribution in [0.2, 0.25) is 0 Å². The highest BCUT2D eigenvalue weighted by molar-refractivity contribution is 8.00. The van der Waals surface area contributed by atoms with E-state index < -0.39 is 17.7 Å². The second-order valence-corrected chi connectivity index (χ2v) is 12.2. The number of hydrogen-bond donors (Lipinski definition) is 1. The number of benzene rings is 3. The molecule has 45 heavy (non-hydrogen) atoms. The lowest BCUT2D eigenvalue weighted by atomic mass is 9.94. The van der Waals surface area contributed by atoms with Crippen molar-refractivity contribution < 1.29 is 33.6 Å². The molecule has 1 aliphatic heterocycles. The molecule has 0 bridgehead atoms. The average Bonchev–Trinajstić information content (AvgIpc) is 3.65. The Morgan fingerprint density at radius 2 is 1.64 bits per heavy atom. The van der Waals surface area contributed by atoms with E-state index in [1.54, 1.807) is 36.4 Å². The minimum Gasteiger partial charge on any atom is -0.507 e. The summed E-state index contributed by atoms with van der Waals surface area (Å²) in [5.41, 5.74) is 1.80. The SMILES string of the molecule is CCCCOc1ccc(C(O)=C2C(=O)C(=O)N(c3nnc(SCc4ccccc4)s3)C2c2cc(OC)c(OC)c(OC)c2)cc1. The Balaban J connectivity index is 1.58. The maximum absolute atomic E-state index is 13.7. The molecule has 2 heterocycles. The highest BCUT2D eigenvalue weighted by Gasteiger charge is 2.49. The number of aliphatic hydroxyl groups is 1. The van der Waals surface area contributed by atoms with Gasteiger partial charge in [-0.2, -0.15) is 0 Å². The van der Waals surface area contributed by atoms with Crippen molar-refractivity contribution in [3.8, 4) is 23.0 Å². The van der Waals surface area contributed by atoms with Crippen molar-refractivity contribution in [2.45, 2.75) is 35.9 Å². The van der Waals surface area contributed by atoms with Crippen LogP contribution in [0.25, 0.3) is 5.76 Å². The van der Waals surface area contributed by atoms with Crippen LogP contribution in [0.15, 0.2) is 76.6 Å². The number of thioether (sulfide) groups is 1. The summed E-state index contributed by atoms with van der Waals surface area (Å²) >= 11 is 2.66. The van der Waals surface area contributed by atoms with Gasteiger partial charge in [0, 0.05) is 11.3 Å². The Kier molecular flexibility index (Phi) is 10.3. The number of carbonyl (C=O) groups excluding carboxylic acids is 2. The number of carbonyl (C=O) groups is 2. The van der Waals surface area contributed by atoms with Crippen LogP contribution in [-0.4, -0.2) is 54.9 Å². The molecule has 12 heteroatoms. The zero-order valence-electron chi connectivity index (χ0n) is 25.3. The van der Waals surface area contributed by atoms with Crippen LogP contribution in [-0.2, 0) is 15.3 Å². The lowest BCUT2D eigenvalue weighted by molar-refractivity contribution is -0.132. The van der Waals surface area contributed by atoms with Gasteiger partial charge in [-0.3, -0.25) is 14.5 Å². The summed E-state index contributed by atoms with van der Waals surface area (Å²) in [5, 5.41) is 20.4. The lowest BCUT2D eigenvalue weighted by Crippen LogP contribution is -2.29. The average molecular weight is 648 g/mol. The van der Waals surface area contributed by atoms with Crippen molar-refractivity contribution >= 4 is 45.7 Å². The number of ether oxygens (including phenoxy) is 4. The molecule has 1 atom stereocenters. The van der Waals surface area contributed by atoms with Gasteiger partial charge in [-0.05, 0) is 53.9 Å². The van der Waals surface area contributed by atoms with Crippen molar-refractivity contribution in [3.63, 3.8) is 0 Å². The van der Waals surface area contributed by atoms with Gasteiger partial charge in [0.1, 0.15) is 11.5 Å².